The molecule has 1 amide bonds. The van der Waals surface area contributed by atoms with Gasteiger partial charge in [0.25, 0.3) is 0 Å². The molecule has 3 nitrogen and oxygen atoms in total. The number of hydrogen-bond acceptors (Lipinski definition) is 2. The summed E-state index contributed by atoms with van der Waals surface area (Å²) in [4.78, 5) is 13.6. The second-order valence-electron chi connectivity index (χ2n) is 5.24. The van der Waals surface area contributed by atoms with Crippen molar-refractivity contribution in [3.8, 4) is 0 Å². The van der Waals surface area contributed by atoms with E-state index in [1.54, 1.807) is 11.0 Å². The van der Waals surface area contributed by atoms with Crippen LogP contribution in [-0.4, -0.2) is 35.1 Å². The van der Waals surface area contributed by atoms with Crippen LogP contribution in [0.25, 0.3) is 0 Å². The molecule has 0 aromatic heterocycles. The fraction of sp³-hybridized carbons (Fsp3) is 0.533. The Morgan fingerprint density at radius 2 is 2.10 bits per heavy atom. The molecule has 1 aliphatic heterocycles. The molecule has 1 aromatic carbocycles. The zero-order chi connectivity index (χ0) is 14.5. The van der Waals surface area contributed by atoms with E-state index in [9.17, 15) is 9.90 Å². The van der Waals surface area contributed by atoms with E-state index in [2.05, 4.69) is 0 Å². The van der Waals surface area contributed by atoms with Gasteiger partial charge in [0.15, 0.2) is 0 Å². The van der Waals surface area contributed by atoms with Crippen LogP contribution in [0.4, 0.5) is 0 Å². The molecular formula is C15H19Cl2NO2. The second kappa shape index (κ2) is 7.30. The van der Waals surface area contributed by atoms with Crippen molar-refractivity contribution in [3.05, 3.63) is 33.8 Å². The summed E-state index contributed by atoms with van der Waals surface area (Å²) in [6.45, 7) is 1.18. The van der Waals surface area contributed by atoms with Crippen LogP contribution in [0.3, 0.4) is 0 Å². The van der Waals surface area contributed by atoms with E-state index in [1.165, 1.54) is 0 Å². The van der Waals surface area contributed by atoms with Gasteiger partial charge in [0.05, 0.1) is 16.1 Å². The molecule has 1 atom stereocenters. The molecule has 0 aliphatic carbocycles. The maximum absolute atomic E-state index is 11.9. The van der Waals surface area contributed by atoms with Crippen molar-refractivity contribution in [1.82, 2.24) is 4.90 Å². The number of β-amino-alcohol motifs (C(OH)–C–C–N with tert-alkyl or cyclic N) is 1. The predicted molar refractivity (Wildman–Crippen MR) is 81.2 cm³/mol. The number of amides is 1. The van der Waals surface area contributed by atoms with Gasteiger partial charge in [-0.3, -0.25) is 4.79 Å². The third kappa shape index (κ3) is 4.37. The zero-order valence-electron chi connectivity index (χ0n) is 11.3. The van der Waals surface area contributed by atoms with Crippen LogP contribution in [0.2, 0.25) is 10.0 Å². The van der Waals surface area contributed by atoms with E-state index in [-0.39, 0.29) is 12.0 Å². The Bertz CT molecular complexity index is 479. The molecule has 1 heterocycles. The highest BCUT2D eigenvalue weighted by Gasteiger charge is 2.23. The topological polar surface area (TPSA) is 40.5 Å². The Morgan fingerprint density at radius 3 is 2.75 bits per heavy atom. The van der Waals surface area contributed by atoms with Gasteiger partial charge >= 0.3 is 0 Å². The molecule has 1 aliphatic rings. The molecule has 0 bridgehead atoms. The van der Waals surface area contributed by atoms with Gasteiger partial charge in [-0.25, -0.2) is 0 Å². The monoisotopic (exact) mass is 315 g/mol. The normalized spacial score (nSPS) is 18.6. The first kappa shape index (κ1) is 15.6. The van der Waals surface area contributed by atoms with Gasteiger partial charge in [-0.1, -0.05) is 29.3 Å². The van der Waals surface area contributed by atoms with Gasteiger partial charge < -0.3 is 10.0 Å². The largest absolute Gasteiger partial charge is 0.391 e. The Kier molecular flexibility index (Phi) is 5.70. The van der Waals surface area contributed by atoms with Crippen LogP contribution < -0.4 is 0 Å². The fourth-order valence-electron chi connectivity index (χ4n) is 2.43. The molecule has 1 aromatic rings. The molecule has 1 saturated heterocycles. The average molecular weight is 316 g/mol. The number of halogens is 2. The van der Waals surface area contributed by atoms with E-state index < -0.39 is 0 Å². The fourth-order valence-corrected chi connectivity index (χ4v) is 2.75. The van der Waals surface area contributed by atoms with E-state index in [0.717, 1.165) is 24.8 Å². The van der Waals surface area contributed by atoms with Crippen LogP contribution in [0, 0.1) is 0 Å². The van der Waals surface area contributed by atoms with Crippen molar-refractivity contribution in [1.29, 1.82) is 0 Å². The first-order valence-electron chi connectivity index (χ1n) is 6.96. The first-order chi connectivity index (χ1) is 9.56. The van der Waals surface area contributed by atoms with E-state index in [0.29, 0.717) is 36.0 Å². The van der Waals surface area contributed by atoms with Crippen LogP contribution in [0.1, 0.15) is 31.2 Å². The Hall–Kier alpha value is -0.770. The SMILES string of the molecule is O=C(CCCCc1ccc(Cl)c(Cl)c1)N1CC[C@H](O)C1. The summed E-state index contributed by atoms with van der Waals surface area (Å²) in [5.41, 5.74) is 1.14. The summed E-state index contributed by atoms with van der Waals surface area (Å²) in [6.07, 6.45) is 3.61. The van der Waals surface area contributed by atoms with Gasteiger partial charge in [-0.05, 0) is 43.4 Å². The molecule has 0 unspecified atom stereocenters. The molecule has 1 N–H and O–H groups in total. The summed E-state index contributed by atoms with van der Waals surface area (Å²) < 4.78 is 0. The molecule has 0 saturated carbocycles. The number of benzene rings is 1. The number of carbonyl (C=O) groups is 1. The molecule has 5 heteroatoms. The summed E-state index contributed by atoms with van der Waals surface area (Å²) in [5, 5.41) is 10.5. The minimum Gasteiger partial charge on any atom is -0.391 e. The lowest BCUT2D eigenvalue weighted by molar-refractivity contribution is -0.130. The number of aliphatic hydroxyl groups is 1. The van der Waals surface area contributed by atoms with Crippen molar-refractivity contribution in [2.24, 2.45) is 0 Å². The van der Waals surface area contributed by atoms with Crippen molar-refractivity contribution in [2.75, 3.05) is 13.1 Å². The standard InChI is InChI=1S/C15H19Cl2NO2/c16-13-6-5-11(9-14(13)17)3-1-2-4-15(20)18-8-7-12(19)10-18/h5-6,9,12,19H,1-4,7-8,10H2/t12-/m0/s1. The number of rotatable bonds is 5. The number of nitrogens with zero attached hydrogens (tertiary/aromatic N) is 1. The Labute approximate surface area is 129 Å². The lowest BCUT2D eigenvalue weighted by atomic mass is 10.1. The van der Waals surface area contributed by atoms with Crippen molar-refractivity contribution >= 4 is 29.1 Å². The van der Waals surface area contributed by atoms with Crippen molar-refractivity contribution in [2.45, 2.75) is 38.2 Å². The lowest BCUT2D eigenvalue weighted by Gasteiger charge is -2.15. The minimum atomic E-state index is -0.338. The maximum atomic E-state index is 11.9. The maximum Gasteiger partial charge on any atom is 0.222 e. The van der Waals surface area contributed by atoms with Gasteiger partial charge in [0.1, 0.15) is 0 Å². The van der Waals surface area contributed by atoms with Crippen LogP contribution in [-0.2, 0) is 11.2 Å². The van der Waals surface area contributed by atoms with E-state index in [1.807, 2.05) is 12.1 Å². The molecule has 0 spiro atoms. The summed E-state index contributed by atoms with van der Waals surface area (Å²) in [7, 11) is 0. The average Bonchev–Trinajstić information content (AvgIpc) is 2.85. The number of aliphatic hydroxyl groups excluding tert-OH is 1. The highest BCUT2D eigenvalue weighted by molar-refractivity contribution is 6.42. The molecule has 110 valence electrons. The van der Waals surface area contributed by atoms with Crippen LogP contribution in [0.5, 0.6) is 0 Å². The highest BCUT2D eigenvalue weighted by Crippen LogP contribution is 2.23. The molecule has 0 radical (unpaired) electrons. The molecule has 1 fully saturated rings. The van der Waals surface area contributed by atoms with Crippen LogP contribution >= 0.6 is 23.2 Å². The van der Waals surface area contributed by atoms with Gasteiger partial charge in [-0.2, -0.15) is 0 Å². The van der Waals surface area contributed by atoms with Crippen molar-refractivity contribution < 1.29 is 9.90 Å². The Morgan fingerprint density at radius 1 is 1.30 bits per heavy atom. The number of likely N-dealkylation sites (tertiary alicyclic amines) is 1. The second-order valence-corrected chi connectivity index (χ2v) is 6.05. The van der Waals surface area contributed by atoms with Gasteiger partial charge in [0, 0.05) is 19.5 Å². The number of aryl methyl sites for hydroxylation is 1. The molecular weight excluding hydrogens is 297 g/mol. The highest BCUT2D eigenvalue weighted by atomic mass is 35.5. The van der Waals surface area contributed by atoms with Gasteiger partial charge in [-0.15, -0.1) is 0 Å². The first-order valence-corrected chi connectivity index (χ1v) is 7.71. The van der Waals surface area contributed by atoms with Crippen LogP contribution in [0.15, 0.2) is 18.2 Å². The van der Waals surface area contributed by atoms with Gasteiger partial charge in [0.2, 0.25) is 5.91 Å². The summed E-state index contributed by atoms with van der Waals surface area (Å²) >= 11 is 11.8. The van der Waals surface area contributed by atoms with E-state index in [4.69, 9.17) is 23.2 Å². The summed E-state index contributed by atoms with van der Waals surface area (Å²) in [5.74, 6) is 0.149. The number of hydrogen-bond donors (Lipinski definition) is 1. The third-order valence-electron chi connectivity index (χ3n) is 3.61. The third-order valence-corrected chi connectivity index (χ3v) is 4.35. The smallest absolute Gasteiger partial charge is 0.222 e. The summed E-state index contributed by atoms with van der Waals surface area (Å²) in [6, 6.07) is 5.64. The molecule has 2 rings (SSSR count). The lowest BCUT2D eigenvalue weighted by Crippen LogP contribution is -2.29. The quantitative estimate of drug-likeness (QED) is 0.847. The molecule has 20 heavy (non-hydrogen) atoms. The minimum absolute atomic E-state index is 0.149. The van der Waals surface area contributed by atoms with Crippen molar-refractivity contribution in [3.63, 3.8) is 0 Å². The number of carbonyl (C=O) groups excluding carboxylic acids is 1. The Balaban J connectivity index is 1.68. The van der Waals surface area contributed by atoms with E-state index >= 15 is 0 Å². The number of unbranched alkanes of at least 4 members (excludes halogenated alkanes) is 1. The predicted octanol–water partition coefficient (Wildman–Crippen LogP) is 3.30. The zero-order valence-corrected chi connectivity index (χ0v) is 12.8.